The van der Waals surface area contributed by atoms with Crippen LogP contribution in [0.5, 0.6) is 0 Å². The fraction of sp³-hybridized carbons (Fsp3) is 0.235. The third-order valence-electron chi connectivity index (χ3n) is 3.72. The van der Waals surface area contributed by atoms with E-state index in [4.69, 9.17) is 0 Å². The van der Waals surface area contributed by atoms with Gasteiger partial charge in [-0.2, -0.15) is 23.4 Å². The van der Waals surface area contributed by atoms with E-state index >= 15 is 0 Å². The molecule has 9 heteroatoms. The second-order valence-electron chi connectivity index (χ2n) is 5.91. The normalized spacial score (nSPS) is 11.7. The number of carboxylic acid groups (broad SMARTS) is 1. The number of nitrogens with zero attached hydrogens (tertiary/aromatic N) is 4. The third kappa shape index (κ3) is 3.93. The van der Waals surface area contributed by atoms with Gasteiger partial charge in [-0.1, -0.05) is 24.3 Å². The first-order valence-corrected chi connectivity index (χ1v) is 7.65. The van der Waals surface area contributed by atoms with Crippen LogP contribution in [0.3, 0.4) is 0 Å². The van der Waals surface area contributed by atoms with Crippen molar-refractivity contribution in [3.05, 3.63) is 70.8 Å². The number of aryl methyl sites for hydroxylation is 1. The maximum Gasteiger partial charge on any atom is 0.435 e. The van der Waals surface area contributed by atoms with E-state index in [-0.39, 0.29) is 6.54 Å². The van der Waals surface area contributed by atoms with E-state index in [9.17, 15) is 23.1 Å². The summed E-state index contributed by atoms with van der Waals surface area (Å²) in [6, 6.07) is 7.17. The molecule has 0 aliphatic heterocycles. The van der Waals surface area contributed by atoms with Crippen molar-refractivity contribution in [3.8, 4) is 0 Å². The minimum absolute atomic E-state index is 0.0114. The Morgan fingerprint density at radius 3 is 2.08 bits per heavy atom. The molecule has 0 aliphatic rings. The number of hydrogen-bond acceptors (Lipinski definition) is 4. The molecule has 0 unspecified atom stereocenters. The zero-order valence-corrected chi connectivity index (χ0v) is 13.7. The predicted molar refractivity (Wildman–Crippen MR) is 83.2 cm³/mol. The van der Waals surface area contributed by atoms with Gasteiger partial charge in [0.1, 0.15) is 0 Å². The third-order valence-corrected chi connectivity index (χ3v) is 3.72. The molecule has 0 saturated heterocycles. The Morgan fingerprint density at radius 1 is 1.08 bits per heavy atom. The molecule has 0 aliphatic carbocycles. The van der Waals surface area contributed by atoms with Crippen LogP contribution in [0.2, 0.25) is 0 Å². The number of carboxylic acids is 1. The molecular formula is C17H14F3N4O2-. The first-order valence-electron chi connectivity index (χ1n) is 7.65. The zero-order chi connectivity index (χ0) is 18.9. The van der Waals surface area contributed by atoms with Crippen LogP contribution < -0.4 is 5.11 Å². The maximum absolute atomic E-state index is 12.8. The first kappa shape index (κ1) is 17.7. The monoisotopic (exact) mass is 363 g/mol. The average molecular weight is 363 g/mol. The van der Waals surface area contributed by atoms with Crippen LogP contribution in [-0.2, 0) is 19.3 Å². The van der Waals surface area contributed by atoms with Crippen LogP contribution >= 0.6 is 0 Å². The molecule has 0 spiro atoms. The van der Waals surface area contributed by atoms with Crippen molar-refractivity contribution in [2.45, 2.75) is 26.2 Å². The molecular weight excluding hydrogens is 349 g/mol. The van der Waals surface area contributed by atoms with E-state index in [2.05, 4.69) is 10.2 Å². The Hall–Kier alpha value is -3.10. The lowest BCUT2D eigenvalue weighted by Gasteiger charge is -2.06. The molecule has 1 aromatic carbocycles. The van der Waals surface area contributed by atoms with E-state index in [1.165, 1.54) is 0 Å². The molecule has 0 N–H and O–H groups in total. The van der Waals surface area contributed by atoms with E-state index in [0.717, 1.165) is 22.0 Å². The summed E-state index contributed by atoms with van der Waals surface area (Å²) >= 11 is 0. The maximum atomic E-state index is 12.8. The van der Waals surface area contributed by atoms with E-state index in [1.807, 2.05) is 25.3 Å². The van der Waals surface area contributed by atoms with Crippen LogP contribution in [0.15, 0.2) is 42.9 Å². The molecule has 136 valence electrons. The molecule has 26 heavy (non-hydrogen) atoms. The van der Waals surface area contributed by atoms with Gasteiger partial charge in [-0.15, -0.1) is 0 Å². The molecule has 6 nitrogen and oxygen atoms in total. The van der Waals surface area contributed by atoms with Crippen molar-refractivity contribution in [2.24, 2.45) is 0 Å². The van der Waals surface area contributed by atoms with Gasteiger partial charge in [0.15, 0.2) is 5.69 Å². The van der Waals surface area contributed by atoms with Crippen molar-refractivity contribution < 1.29 is 23.1 Å². The summed E-state index contributed by atoms with van der Waals surface area (Å²) in [7, 11) is 0. The van der Waals surface area contributed by atoms with Gasteiger partial charge in [0.05, 0.1) is 25.3 Å². The summed E-state index contributed by atoms with van der Waals surface area (Å²) in [5.41, 5.74) is 0.283. The number of benzene rings is 1. The number of carbonyl (C=O) groups excluding carboxylic acids is 1. The van der Waals surface area contributed by atoms with Gasteiger partial charge < -0.3 is 9.90 Å². The number of halogens is 3. The van der Waals surface area contributed by atoms with Crippen LogP contribution in [-0.4, -0.2) is 25.5 Å². The second-order valence-corrected chi connectivity index (χ2v) is 5.91. The Labute approximate surface area is 146 Å². The largest absolute Gasteiger partial charge is 0.545 e. The quantitative estimate of drug-likeness (QED) is 0.694. The van der Waals surface area contributed by atoms with Crippen LogP contribution in [0.1, 0.15) is 32.7 Å². The van der Waals surface area contributed by atoms with Crippen molar-refractivity contribution in [3.63, 3.8) is 0 Å². The lowest BCUT2D eigenvalue weighted by Crippen LogP contribution is -2.25. The fourth-order valence-electron chi connectivity index (χ4n) is 2.54. The Bertz CT molecular complexity index is 926. The highest BCUT2D eigenvalue weighted by atomic mass is 19.4. The van der Waals surface area contributed by atoms with E-state index in [0.29, 0.717) is 12.1 Å². The first-order chi connectivity index (χ1) is 12.2. The standard InChI is InChI=1S/C17H15F3N4O2/c1-11-6-21-23(7-11)8-12-2-4-13(5-3-12)9-24-10-14(16(25)26)15(22-24)17(18,19)20/h2-7,10H,8-9H2,1H3,(H,25,26)/p-1. The highest BCUT2D eigenvalue weighted by molar-refractivity contribution is 5.87. The Balaban J connectivity index is 1.76. The van der Waals surface area contributed by atoms with Crippen molar-refractivity contribution >= 4 is 5.97 Å². The number of rotatable bonds is 5. The Morgan fingerprint density at radius 2 is 1.65 bits per heavy atom. The highest BCUT2D eigenvalue weighted by Gasteiger charge is 2.37. The number of carbonyl (C=O) groups is 1. The fourth-order valence-corrected chi connectivity index (χ4v) is 2.54. The van der Waals surface area contributed by atoms with Crippen LogP contribution in [0.4, 0.5) is 13.2 Å². The molecule has 3 aromatic rings. The van der Waals surface area contributed by atoms with E-state index < -0.39 is 23.4 Å². The summed E-state index contributed by atoms with van der Waals surface area (Å²) in [4.78, 5) is 10.9. The number of alkyl halides is 3. The van der Waals surface area contributed by atoms with Gasteiger partial charge in [-0.05, 0) is 23.6 Å². The number of aromatic carboxylic acids is 1. The minimum atomic E-state index is -4.85. The summed E-state index contributed by atoms with van der Waals surface area (Å²) in [6.45, 7) is 2.52. The van der Waals surface area contributed by atoms with Crippen LogP contribution in [0, 0.1) is 6.92 Å². The average Bonchev–Trinajstić information content (AvgIpc) is 3.15. The Kier molecular flexibility index (Phi) is 4.54. The molecule has 2 aromatic heterocycles. The van der Waals surface area contributed by atoms with Crippen molar-refractivity contribution in [1.29, 1.82) is 0 Å². The summed E-state index contributed by atoms with van der Waals surface area (Å²) in [6.07, 6.45) is -0.373. The van der Waals surface area contributed by atoms with Gasteiger partial charge in [-0.25, -0.2) is 0 Å². The summed E-state index contributed by atoms with van der Waals surface area (Å²) in [5.74, 6) is -1.91. The zero-order valence-electron chi connectivity index (χ0n) is 13.7. The molecule has 0 saturated carbocycles. The van der Waals surface area contributed by atoms with Crippen molar-refractivity contribution in [2.75, 3.05) is 0 Å². The van der Waals surface area contributed by atoms with Crippen molar-refractivity contribution in [1.82, 2.24) is 19.6 Å². The van der Waals surface area contributed by atoms with E-state index in [1.54, 1.807) is 23.0 Å². The lowest BCUT2D eigenvalue weighted by atomic mass is 10.1. The van der Waals surface area contributed by atoms with Gasteiger partial charge >= 0.3 is 6.18 Å². The second kappa shape index (κ2) is 6.66. The number of hydrogen-bond donors (Lipinski definition) is 0. The summed E-state index contributed by atoms with van der Waals surface area (Å²) < 4.78 is 41.3. The van der Waals surface area contributed by atoms with Gasteiger partial charge in [0.2, 0.25) is 0 Å². The van der Waals surface area contributed by atoms with Gasteiger partial charge in [0.25, 0.3) is 0 Å². The smallest absolute Gasteiger partial charge is 0.435 e. The molecule has 0 bridgehead atoms. The molecule has 0 atom stereocenters. The topological polar surface area (TPSA) is 75.8 Å². The van der Waals surface area contributed by atoms with Gasteiger partial charge in [-0.3, -0.25) is 9.36 Å². The van der Waals surface area contributed by atoms with Gasteiger partial charge in [0, 0.05) is 18.0 Å². The predicted octanol–water partition coefficient (Wildman–Crippen LogP) is 1.87. The molecule has 0 fully saturated rings. The minimum Gasteiger partial charge on any atom is -0.545 e. The molecule has 2 heterocycles. The molecule has 0 radical (unpaired) electrons. The number of aromatic nitrogens is 4. The molecule has 3 rings (SSSR count). The lowest BCUT2D eigenvalue weighted by molar-refractivity contribution is -0.255. The van der Waals surface area contributed by atoms with Crippen LogP contribution in [0.25, 0.3) is 0 Å². The highest BCUT2D eigenvalue weighted by Crippen LogP contribution is 2.30. The SMILES string of the molecule is Cc1cnn(Cc2ccc(Cn3cc(C(=O)[O-])c(C(F)(F)F)n3)cc2)c1. The summed E-state index contributed by atoms with van der Waals surface area (Å²) in [5, 5.41) is 18.4. The molecule has 0 amide bonds.